The van der Waals surface area contributed by atoms with Crippen LogP contribution in [0.2, 0.25) is 0 Å². The summed E-state index contributed by atoms with van der Waals surface area (Å²) in [6.07, 6.45) is 1.48. The molecule has 1 saturated carbocycles. The topological polar surface area (TPSA) is 63.2 Å². The maximum atomic E-state index is 12.1. The zero-order valence-corrected chi connectivity index (χ0v) is 13.3. The minimum atomic E-state index is -3.85. The molecule has 1 aliphatic carbocycles. The largest absolute Gasteiger partial charge is 0.349 e. The molecule has 0 radical (unpaired) electrons. The van der Waals surface area contributed by atoms with Gasteiger partial charge in [-0.3, -0.25) is 4.79 Å². The number of hydrogen-bond acceptors (Lipinski definition) is 3. The molecule has 1 aromatic carbocycles. The van der Waals surface area contributed by atoms with Crippen LogP contribution < -0.4 is 5.32 Å². The number of halogens is 1. The molecule has 1 amide bonds. The summed E-state index contributed by atoms with van der Waals surface area (Å²) < 4.78 is 23.1. The molecule has 2 rings (SSSR count). The zero-order chi connectivity index (χ0) is 15.1. The first-order valence-electron chi connectivity index (χ1n) is 6.53. The van der Waals surface area contributed by atoms with Crippen LogP contribution in [0.5, 0.6) is 0 Å². The van der Waals surface area contributed by atoms with Gasteiger partial charge in [-0.05, 0) is 36.0 Å². The van der Waals surface area contributed by atoms with Gasteiger partial charge in [0.05, 0.1) is 4.90 Å². The monoisotopic (exact) mass is 315 g/mol. The smallest absolute Gasteiger partial charge is 0.261 e. The van der Waals surface area contributed by atoms with Gasteiger partial charge >= 0.3 is 0 Å². The highest BCUT2D eigenvalue weighted by molar-refractivity contribution is 8.13. The van der Waals surface area contributed by atoms with Crippen LogP contribution in [-0.4, -0.2) is 20.4 Å². The number of rotatable bonds is 4. The van der Waals surface area contributed by atoms with E-state index in [9.17, 15) is 13.2 Å². The van der Waals surface area contributed by atoms with Crippen molar-refractivity contribution in [3.8, 4) is 0 Å². The maximum Gasteiger partial charge on any atom is 0.261 e. The van der Waals surface area contributed by atoms with Crippen molar-refractivity contribution in [1.29, 1.82) is 0 Å². The zero-order valence-electron chi connectivity index (χ0n) is 11.7. The van der Waals surface area contributed by atoms with Gasteiger partial charge in [0, 0.05) is 22.3 Å². The van der Waals surface area contributed by atoms with Crippen LogP contribution in [0.1, 0.15) is 43.1 Å². The average Bonchev–Trinajstić information content (AvgIpc) is 2.94. The van der Waals surface area contributed by atoms with E-state index in [1.54, 1.807) is 12.1 Å². The van der Waals surface area contributed by atoms with Gasteiger partial charge in [0.15, 0.2) is 0 Å². The Morgan fingerprint density at radius 1 is 1.45 bits per heavy atom. The predicted octanol–water partition coefficient (Wildman–Crippen LogP) is 2.70. The summed E-state index contributed by atoms with van der Waals surface area (Å²) in [6, 6.07) is 4.78. The minimum absolute atomic E-state index is 0.0179. The summed E-state index contributed by atoms with van der Waals surface area (Å²) in [5, 5.41) is 2.90. The summed E-state index contributed by atoms with van der Waals surface area (Å²) in [7, 11) is 1.58. The third-order valence-corrected chi connectivity index (χ3v) is 5.20. The molecule has 1 aliphatic rings. The van der Waals surface area contributed by atoms with Crippen molar-refractivity contribution in [2.45, 2.75) is 44.6 Å². The van der Waals surface area contributed by atoms with E-state index < -0.39 is 9.05 Å². The Kier molecular flexibility index (Phi) is 3.86. The van der Waals surface area contributed by atoms with E-state index >= 15 is 0 Å². The SMILES string of the molecule is CCc1ccc(C(=O)NC2CC2(C)C)cc1S(=O)(=O)Cl. The number of carbonyl (C=O) groups excluding carboxylic acids is 1. The lowest BCUT2D eigenvalue weighted by Crippen LogP contribution is -2.28. The Bertz CT molecular complexity index is 652. The van der Waals surface area contributed by atoms with Gasteiger partial charge in [0.25, 0.3) is 15.0 Å². The van der Waals surface area contributed by atoms with E-state index in [-0.39, 0.29) is 22.3 Å². The third kappa shape index (κ3) is 3.15. The van der Waals surface area contributed by atoms with Crippen LogP contribution >= 0.6 is 10.7 Å². The second kappa shape index (κ2) is 5.04. The second-order valence-corrected chi connectivity index (χ2v) is 8.37. The molecule has 0 aliphatic heterocycles. The maximum absolute atomic E-state index is 12.1. The van der Waals surface area contributed by atoms with Crippen LogP contribution in [0.25, 0.3) is 0 Å². The Morgan fingerprint density at radius 3 is 2.50 bits per heavy atom. The van der Waals surface area contributed by atoms with E-state index in [0.29, 0.717) is 17.5 Å². The Labute approximate surface area is 123 Å². The van der Waals surface area contributed by atoms with Gasteiger partial charge in [-0.15, -0.1) is 0 Å². The predicted molar refractivity (Wildman–Crippen MR) is 78.5 cm³/mol. The standard InChI is InChI=1S/C14H18ClNO3S/c1-4-9-5-6-10(7-11(9)20(15,18)19)13(17)16-12-8-14(12,2)3/h5-7,12H,4,8H2,1-3H3,(H,16,17). The molecule has 1 N–H and O–H groups in total. The van der Waals surface area contributed by atoms with Crippen LogP contribution in [0, 0.1) is 5.41 Å². The van der Waals surface area contributed by atoms with Crippen molar-refractivity contribution in [2.24, 2.45) is 5.41 Å². The minimum Gasteiger partial charge on any atom is -0.349 e. The lowest BCUT2D eigenvalue weighted by molar-refractivity contribution is 0.0946. The summed E-state index contributed by atoms with van der Waals surface area (Å²) in [4.78, 5) is 12.1. The van der Waals surface area contributed by atoms with Gasteiger partial charge in [0.1, 0.15) is 0 Å². The van der Waals surface area contributed by atoms with E-state index in [1.807, 2.05) is 6.92 Å². The van der Waals surface area contributed by atoms with Crippen molar-refractivity contribution >= 4 is 25.6 Å². The lowest BCUT2D eigenvalue weighted by atomic mass is 10.1. The molecule has 0 heterocycles. The van der Waals surface area contributed by atoms with Crippen LogP contribution in [0.15, 0.2) is 23.1 Å². The number of benzene rings is 1. The molecule has 0 aromatic heterocycles. The number of nitrogens with one attached hydrogen (secondary N) is 1. The van der Waals surface area contributed by atoms with Crippen LogP contribution in [-0.2, 0) is 15.5 Å². The van der Waals surface area contributed by atoms with Crippen molar-refractivity contribution in [3.05, 3.63) is 29.3 Å². The Hall–Kier alpha value is -1.07. The van der Waals surface area contributed by atoms with E-state index in [0.717, 1.165) is 6.42 Å². The normalized spacial score (nSPS) is 20.5. The Morgan fingerprint density at radius 2 is 2.05 bits per heavy atom. The fraction of sp³-hybridized carbons (Fsp3) is 0.500. The van der Waals surface area contributed by atoms with Gasteiger partial charge in [-0.2, -0.15) is 0 Å². The molecule has 1 unspecified atom stereocenters. The molecule has 110 valence electrons. The van der Waals surface area contributed by atoms with Gasteiger partial charge in [0.2, 0.25) is 0 Å². The molecule has 0 bridgehead atoms. The number of amides is 1. The van der Waals surface area contributed by atoms with Crippen molar-refractivity contribution < 1.29 is 13.2 Å². The van der Waals surface area contributed by atoms with Crippen molar-refractivity contribution in [2.75, 3.05) is 0 Å². The number of hydrogen-bond donors (Lipinski definition) is 1. The first kappa shape index (κ1) is 15.3. The molecule has 1 aromatic rings. The molecule has 0 spiro atoms. The highest BCUT2D eigenvalue weighted by atomic mass is 35.7. The van der Waals surface area contributed by atoms with E-state index in [2.05, 4.69) is 19.2 Å². The first-order chi connectivity index (χ1) is 9.15. The summed E-state index contributed by atoms with van der Waals surface area (Å²) in [5.74, 6) is -0.259. The summed E-state index contributed by atoms with van der Waals surface area (Å²) >= 11 is 0. The van der Waals surface area contributed by atoms with Crippen molar-refractivity contribution in [1.82, 2.24) is 5.32 Å². The lowest BCUT2D eigenvalue weighted by Gasteiger charge is -2.10. The fourth-order valence-electron chi connectivity index (χ4n) is 2.17. The Balaban J connectivity index is 2.27. The average molecular weight is 316 g/mol. The highest BCUT2D eigenvalue weighted by Gasteiger charge is 2.46. The van der Waals surface area contributed by atoms with Crippen LogP contribution in [0.4, 0.5) is 0 Å². The summed E-state index contributed by atoms with van der Waals surface area (Å²) in [5.41, 5.74) is 1.06. The molecule has 0 saturated heterocycles. The fourth-order valence-corrected chi connectivity index (χ4v) is 3.39. The van der Waals surface area contributed by atoms with Gasteiger partial charge < -0.3 is 5.32 Å². The molecular formula is C14H18ClNO3S. The van der Waals surface area contributed by atoms with Crippen molar-refractivity contribution in [3.63, 3.8) is 0 Å². The van der Waals surface area contributed by atoms with E-state index in [1.165, 1.54) is 6.07 Å². The molecule has 20 heavy (non-hydrogen) atoms. The highest BCUT2D eigenvalue weighted by Crippen LogP contribution is 2.44. The van der Waals surface area contributed by atoms with Gasteiger partial charge in [-0.25, -0.2) is 8.42 Å². The summed E-state index contributed by atoms with van der Waals surface area (Å²) in [6.45, 7) is 5.99. The van der Waals surface area contributed by atoms with E-state index in [4.69, 9.17) is 10.7 Å². The quantitative estimate of drug-likeness (QED) is 0.869. The molecule has 1 atom stereocenters. The third-order valence-electron chi connectivity index (χ3n) is 3.79. The molecular weight excluding hydrogens is 298 g/mol. The van der Waals surface area contributed by atoms with Gasteiger partial charge in [-0.1, -0.05) is 26.8 Å². The number of aryl methyl sites for hydroxylation is 1. The second-order valence-electron chi connectivity index (χ2n) is 5.83. The van der Waals surface area contributed by atoms with Crippen LogP contribution in [0.3, 0.4) is 0 Å². The first-order valence-corrected chi connectivity index (χ1v) is 8.84. The molecule has 1 fully saturated rings. The molecule has 6 heteroatoms. The number of carbonyl (C=O) groups is 1. The molecule has 4 nitrogen and oxygen atoms in total.